The standard InChI is InChI=1S/C24H26O4.C18H16O4/c1-3-23(25)27-16-18-6-10-21(11-7-18)24(26)28-22-14-12-20(13-15-22)19-8-4-17(2)5-9-19;1-3-17(19)21-12-14-6-8-15(9-7-14)18(20)22-16-10-4-13(2)5-11-16/h3,6-7,10-15,17,19H,1,4-5,8-9,16H2,2H3;3-11H,1,12H2,2H3. The van der Waals surface area contributed by atoms with Gasteiger partial charge in [0, 0.05) is 12.2 Å². The number of carbonyl (C=O) groups is 4. The van der Waals surface area contributed by atoms with E-state index in [0.717, 1.165) is 34.8 Å². The summed E-state index contributed by atoms with van der Waals surface area (Å²) in [5.41, 5.74) is 4.87. The van der Waals surface area contributed by atoms with Crippen LogP contribution in [0, 0.1) is 12.8 Å². The molecule has 1 saturated carbocycles. The number of ether oxygens (including phenoxy) is 4. The van der Waals surface area contributed by atoms with E-state index in [9.17, 15) is 19.2 Å². The van der Waals surface area contributed by atoms with Gasteiger partial charge in [-0.25, -0.2) is 19.2 Å². The first kappa shape index (κ1) is 37.1. The molecule has 0 N–H and O–H groups in total. The molecular weight excluding hydrogens is 632 g/mol. The van der Waals surface area contributed by atoms with Gasteiger partial charge in [-0.2, -0.15) is 0 Å². The number of esters is 4. The molecular formula is C42H42O8. The van der Waals surface area contributed by atoms with Crippen LogP contribution in [-0.4, -0.2) is 23.9 Å². The maximum absolute atomic E-state index is 12.3. The van der Waals surface area contributed by atoms with Crippen molar-refractivity contribution in [2.45, 2.75) is 58.7 Å². The van der Waals surface area contributed by atoms with Crippen LogP contribution in [0.5, 0.6) is 11.5 Å². The molecule has 0 bridgehead atoms. The van der Waals surface area contributed by atoms with Crippen LogP contribution in [0.25, 0.3) is 0 Å². The molecule has 1 aliphatic rings. The number of hydrogen-bond donors (Lipinski definition) is 0. The second-order valence-electron chi connectivity index (χ2n) is 12.1. The van der Waals surface area contributed by atoms with Crippen molar-refractivity contribution in [2.75, 3.05) is 0 Å². The molecule has 258 valence electrons. The summed E-state index contributed by atoms with van der Waals surface area (Å²) in [6, 6.07) is 28.6. The summed E-state index contributed by atoms with van der Waals surface area (Å²) in [4.78, 5) is 46.4. The molecule has 8 nitrogen and oxygen atoms in total. The highest BCUT2D eigenvalue weighted by atomic mass is 16.5. The Morgan fingerprint density at radius 1 is 0.600 bits per heavy atom. The lowest BCUT2D eigenvalue weighted by Crippen LogP contribution is -2.11. The van der Waals surface area contributed by atoms with Gasteiger partial charge in [0.25, 0.3) is 0 Å². The number of aryl methyl sites for hydroxylation is 1. The fraction of sp³-hybridized carbons (Fsp3) is 0.238. The Hall–Kier alpha value is -5.76. The summed E-state index contributed by atoms with van der Waals surface area (Å²) in [5.74, 6) is 0.687. The molecule has 0 radical (unpaired) electrons. The zero-order chi connectivity index (χ0) is 35.9. The molecule has 4 aromatic carbocycles. The van der Waals surface area contributed by atoms with Gasteiger partial charge in [-0.05, 0) is 96.8 Å². The molecule has 0 amide bonds. The first-order valence-electron chi connectivity index (χ1n) is 16.5. The van der Waals surface area contributed by atoms with Gasteiger partial charge in [0.2, 0.25) is 0 Å². The van der Waals surface area contributed by atoms with Crippen molar-refractivity contribution in [3.8, 4) is 11.5 Å². The predicted molar refractivity (Wildman–Crippen MR) is 191 cm³/mol. The molecule has 5 rings (SSSR count). The first-order chi connectivity index (χ1) is 24.1. The molecule has 50 heavy (non-hydrogen) atoms. The molecule has 0 heterocycles. The predicted octanol–water partition coefficient (Wildman–Crippen LogP) is 8.87. The van der Waals surface area contributed by atoms with E-state index in [1.54, 1.807) is 60.7 Å². The van der Waals surface area contributed by atoms with Crippen LogP contribution >= 0.6 is 0 Å². The summed E-state index contributed by atoms with van der Waals surface area (Å²) in [7, 11) is 0. The largest absolute Gasteiger partial charge is 0.458 e. The highest BCUT2D eigenvalue weighted by Crippen LogP contribution is 2.36. The van der Waals surface area contributed by atoms with Gasteiger partial charge in [-0.1, -0.05) is 87.0 Å². The molecule has 0 aromatic heterocycles. The second-order valence-corrected chi connectivity index (χ2v) is 12.1. The zero-order valence-electron chi connectivity index (χ0n) is 28.5. The number of benzene rings is 4. The van der Waals surface area contributed by atoms with Crippen molar-refractivity contribution in [1.29, 1.82) is 0 Å². The van der Waals surface area contributed by atoms with Gasteiger partial charge in [0.1, 0.15) is 24.7 Å². The summed E-state index contributed by atoms with van der Waals surface area (Å²) in [6.07, 6.45) is 7.25. The van der Waals surface area contributed by atoms with E-state index in [4.69, 9.17) is 18.9 Å². The van der Waals surface area contributed by atoms with E-state index in [1.165, 1.54) is 31.2 Å². The maximum Gasteiger partial charge on any atom is 0.343 e. The quantitative estimate of drug-likeness (QED) is 0.0883. The van der Waals surface area contributed by atoms with E-state index in [0.29, 0.717) is 28.5 Å². The van der Waals surface area contributed by atoms with Crippen LogP contribution in [0.15, 0.2) is 122 Å². The van der Waals surface area contributed by atoms with Crippen molar-refractivity contribution in [3.63, 3.8) is 0 Å². The minimum Gasteiger partial charge on any atom is -0.458 e. The molecule has 4 aromatic rings. The normalized spacial score (nSPS) is 14.9. The number of carbonyl (C=O) groups excluding carboxylic acids is 4. The Balaban J connectivity index is 0.000000232. The Morgan fingerprint density at radius 3 is 1.40 bits per heavy atom. The fourth-order valence-corrected chi connectivity index (χ4v) is 5.24. The van der Waals surface area contributed by atoms with E-state index in [1.807, 2.05) is 31.2 Å². The van der Waals surface area contributed by atoms with Gasteiger partial charge in [-0.15, -0.1) is 0 Å². The van der Waals surface area contributed by atoms with Crippen LogP contribution in [0.2, 0.25) is 0 Å². The minimum atomic E-state index is -0.483. The molecule has 0 unspecified atom stereocenters. The van der Waals surface area contributed by atoms with E-state index < -0.39 is 23.9 Å². The molecule has 0 saturated heterocycles. The highest BCUT2D eigenvalue weighted by molar-refractivity contribution is 5.91. The average molecular weight is 675 g/mol. The third kappa shape index (κ3) is 11.7. The van der Waals surface area contributed by atoms with Gasteiger partial charge in [0.15, 0.2) is 0 Å². The van der Waals surface area contributed by atoms with Crippen LogP contribution in [-0.2, 0) is 32.3 Å². The Morgan fingerprint density at radius 2 is 1.00 bits per heavy atom. The van der Waals surface area contributed by atoms with E-state index in [2.05, 4.69) is 32.2 Å². The summed E-state index contributed by atoms with van der Waals surface area (Å²) in [5, 5.41) is 0. The molecule has 8 heteroatoms. The maximum atomic E-state index is 12.3. The van der Waals surface area contributed by atoms with Crippen molar-refractivity contribution in [3.05, 3.63) is 156 Å². The van der Waals surface area contributed by atoms with Crippen molar-refractivity contribution < 1.29 is 38.1 Å². The lowest BCUT2D eigenvalue weighted by atomic mass is 9.79. The molecule has 0 spiro atoms. The van der Waals surface area contributed by atoms with Crippen molar-refractivity contribution in [2.24, 2.45) is 5.92 Å². The lowest BCUT2D eigenvalue weighted by molar-refractivity contribution is -0.139. The zero-order valence-corrected chi connectivity index (χ0v) is 28.5. The summed E-state index contributed by atoms with van der Waals surface area (Å²) in [6.45, 7) is 11.2. The van der Waals surface area contributed by atoms with Crippen LogP contribution < -0.4 is 9.47 Å². The average Bonchev–Trinajstić information content (AvgIpc) is 3.15. The topological polar surface area (TPSA) is 105 Å². The Labute approximate surface area is 293 Å². The minimum absolute atomic E-state index is 0.137. The summed E-state index contributed by atoms with van der Waals surface area (Å²) < 4.78 is 20.6. The first-order valence-corrected chi connectivity index (χ1v) is 16.5. The summed E-state index contributed by atoms with van der Waals surface area (Å²) >= 11 is 0. The second kappa shape index (κ2) is 18.7. The SMILES string of the molecule is C=CC(=O)OCc1ccc(C(=O)Oc2ccc(C)cc2)cc1.C=CC(=O)OCc1ccc(C(=O)Oc2ccc(C3CCC(C)CC3)cc2)cc1. The third-order valence-electron chi connectivity index (χ3n) is 8.28. The highest BCUT2D eigenvalue weighted by Gasteiger charge is 2.20. The van der Waals surface area contributed by atoms with E-state index >= 15 is 0 Å². The van der Waals surface area contributed by atoms with Crippen LogP contribution in [0.1, 0.15) is 81.5 Å². The van der Waals surface area contributed by atoms with Gasteiger partial charge < -0.3 is 18.9 Å². The lowest BCUT2D eigenvalue weighted by Gasteiger charge is -2.26. The van der Waals surface area contributed by atoms with Gasteiger partial charge >= 0.3 is 23.9 Å². The smallest absolute Gasteiger partial charge is 0.343 e. The molecule has 1 aliphatic carbocycles. The van der Waals surface area contributed by atoms with Crippen LogP contribution in [0.3, 0.4) is 0 Å². The third-order valence-corrected chi connectivity index (χ3v) is 8.28. The fourth-order valence-electron chi connectivity index (χ4n) is 5.24. The van der Waals surface area contributed by atoms with Crippen LogP contribution in [0.4, 0.5) is 0 Å². The van der Waals surface area contributed by atoms with Gasteiger partial charge in [0.05, 0.1) is 11.1 Å². The molecule has 0 atom stereocenters. The van der Waals surface area contributed by atoms with Gasteiger partial charge in [-0.3, -0.25) is 0 Å². The monoisotopic (exact) mass is 674 g/mol. The number of hydrogen-bond acceptors (Lipinski definition) is 8. The Kier molecular flexibility index (Phi) is 13.9. The van der Waals surface area contributed by atoms with Crippen molar-refractivity contribution >= 4 is 23.9 Å². The molecule has 0 aliphatic heterocycles. The van der Waals surface area contributed by atoms with Crippen molar-refractivity contribution in [1.82, 2.24) is 0 Å². The number of rotatable bonds is 11. The van der Waals surface area contributed by atoms with E-state index in [-0.39, 0.29) is 13.2 Å². The molecule has 1 fully saturated rings. The Bertz CT molecular complexity index is 1750.